The molecule has 0 aromatic carbocycles. The Morgan fingerprint density at radius 3 is 3.29 bits per heavy atom. The van der Waals surface area contributed by atoms with Gasteiger partial charge >= 0.3 is 0 Å². The molecular weight excluding hydrogens is 212 g/mol. The number of hydrogen-bond acceptors (Lipinski definition) is 3. The summed E-state index contributed by atoms with van der Waals surface area (Å²) in [5, 5.41) is 6.60. The molecule has 1 unspecified atom stereocenters. The van der Waals surface area contributed by atoms with E-state index in [1.54, 1.807) is 11.3 Å². The molecule has 0 amide bonds. The third kappa shape index (κ3) is 2.75. The number of thiophene rings is 1. The lowest BCUT2D eigenvalue weighted by molar-refractivity contribution is 0.642. The van der Waals surface area contributed by atoms with Crippen molar-refractivity contribution in [3.8, 4) is 0 Å². The van der Waals surface area contributed by atoms with Gasteiger partial charge < -0.3 is 5.32 Å². The molecule has 1 aliphatic heterocycles. The van der Waals surface area contributed by atoms with Crippen molar-refractivity contribution in [1.82, 2.24) is 5.32 Å². The summed E-state index contributed by atoms with van der Waals surface area (Å²) in [6.07, 6.45) is 1.24. The topological polar surface area (TPSA) is 24.4 Å². The Bertz CT molecular complexity index is 306. The maximum atomic E-state index is 4.56. The van der Waals surface area contributed by atoms with Crippen LogP contribution in [0.2, 0.25) is 0 Å². The minimum Gasteiger partial charge on any atom is -0.362 e. The van der Waals surface area contributed by atoms with Gasteiger partial charge in [-0.1, -0.05) is 17.8 Å². The third-order valence-corrected chi connectivity index (χ3v) is 3.94. The van der Waals surface area contributed by atoms with E-state index in [4.69, 9.17) is 0 Å². The number of hydrogen-bond donors (Lipinski definition) is 1. The van der Waals surface area contributed by atoms with Gasteiger partial charge in [-0.3, -0.25) is 4.99 Å². The number of amidine groups is 1. The van der Waals surface area contributed by atoms with Crippen molar-refractivity contribution < 1.29 is 0 Å². The van der Waals surface area contributed by atoms with E-state index in [1.165, 1.54) is 17.1 Å². The van der Waals surface area contributed by atoms with E-state index < -0.39 is 0 Å². The monoisotopic (exact) mass is 226 g/mol. The van der Waals surface area contributed by atoms with Crippen LogP contribution in [0.1, 0.15) is 18.2 Å². The lowest BCUT2D eigenvalue weighted by Gasteiger charge is -2.21. The van der Waals surface area contributed by atoms with Gasteiger partial charge in [0, 0.05) is 16.7 Å². The molecule has 0 spiro atoms. The highest BCUT2D eigenvalue weighted by Crippen LogP contribution is 2.15. The molecule has 0 radical (unpaired) electrons. The first-order valence-corrected chi connectivity index (χ1v) is 6.67. The Morgan fingerprint density at radius 1 is 1.64 bits per heavy atom. The minimum absolute atomic E-state index is 0.582. The van der Waals surface area contributed by atoms with Gasteiger partial charge in [-0.15, -0.1) is 11.3 Å². The smallest absolute Gasteiger partial charge is 0.157 e. The van der Waals surface area contributed by atoms with Gasteiger partial charge in [0.15, 0.2) is 5.17 Å². The summed E-state index contributed by atoms with van der Waals surface area (Å²) in [5.74, 6) is 1.19. The van der Waals surface area contributed by atoms with Crippen LogP contribution in [0.5, 0.6) is 0 Å². The van der Waals surface area contributed by atoms with Crippen molar-refractivity contribution in [3.05, 3.63) is 22.4 Å². The quantitative estimate of drug-likeness (QED) is 0.838. The zero-order valence-electron chi connectivity index (χ0n) is 8.19. The second-order valence-corrected chi connectivity index (χ2v) is 5.50. The molecule has 1 N–H and O–H groups in total. The molecule has 4 heteroatoms. The van der Waals surface area contributed by atoms with E-state index in [1.807, 2.05) is 11.8 Å². The second kappa shape index (κ2) is 4.84. The van der Waals surface area contributed by atoms with Crippen LogP contribution in [-0.2, 0) is 6.54 Å². The lowest BCUT2D eigenvalue weighted by atomic mass is 10.3. The molecule has 14 heavy (non-hydrogen) atoms. The van der Waals surface area contributed by atoms with Crippen molar-refractivity contribution >= 4 is 28.3 Å². The first kappa shape index (κ1) is 10.1. The summed E-state index contributed by atoms with van der Waals surface area (Å²) in [5.41, 5.74) is 0. The number of thioether (sulfide) groups is 1. The van der Waals surface area contributed by atoms with Crippen LogP contribution in [0, 0.1) is 0 Å². The van der Waals surface area contributed by atoms with Crippen LogP contribution < -0.4 is 5.32 Å². The Balaban J connectivity index is 1.91. The van der Waals surface area contributed by atoms with Crippen LogP contribution in [-0.4, -0.2) is 17.0 Å². The van der Waals surface area contributed by atoms with Crippen molar-refractivity contribution in [2.75, 3.05) is 5.75 Å². The number of nitrogens with zero attached hydrogens (tertiary/aromatic N) is 1. The Labute approximate surface area is 92.8 Å². The summed E-state index contributed by atoms with van der Waals surface area (Å²) < 4.78 is 0. The van der Waals surface area contributed by atoms with Gasteiger partial charge in [-0.05, 0) is 24.8 Å². The van der Waals surface area contributed by atoms with E-state index in [2.05, 4.69) is 34.7 Å². The Kier molecular flexibility index (Phi) is 3.48. The van der Waals surface area contributed by atoms with E-state index in [0.717, 1.165) is 11.7 Å². The summed E-state index contributed by atoms with van der Waals surface area (Å²) in [7, 11) is 0. The molecule has 0 saturated carbocycles. The predicted octanol–water partition coefficient (Wildman–Crippen LogP) is 2.72. The van der Waals surface area contributed by atoms with Crippen LogP contribution in [0.4, 0.5) is 0 Å². The van der Waals surface area contributed by atoms with Crippen molar-refractivity contribution in [1.29, 1.82) is 0 Å². The first-order valence-electron chi connectivity index (χ1n) is 4.81. The van der Waals surface area contributed by atoms with Crippen molar-refractivity contribution in [3.63, 3.8) is 0 Å². The average molecular weight is 226 g/mol. The summed E-state index contributed by atoms with van der Waals surface area (Å²) >= 11 is 3.60. The molecule has 2 nitrogen and oxygen atoms in total. The highest BCUT2D eigenvalue weighted by atomic mass is 32.2. The van der Waals surface area contributed by atoms with E-state index in [9.17, 15) is 0 Å². The molecule has 1 aromatic heterocycles. The maximum absolute atomic E-state index is 4.56. The zero-order chi connectivity index (χ0) is 9.80. The van der Waals surface area contributed by atoms with Gasteiger partial charge in [-0.25, -0.2) is 0 Å². The normalized spacial score (nSPS) is 24.9. The van der Waals surface area contributed by atoms with Crippen molar-refractivity contribution in [2.24, 2.45) is 4.99 Å². The van der Waals surface area contributed by atoms with Crippen LogP contribution in [0.3, 0.4) is 0 Å². The molecule has 1 fully saturated rings. The van der Waals surface area contributed by atoms with Crippen LogP contribution >= 0.6 is 23.1 Å². The minimum atomic E-state index is 0.582. The number of nitrogens with one attached hydrogen (secondary N) is 1. The molecule has 1 aromatic rings. The van der Waals surface area contributed by atoms with Gasteiger partial charge in [0.1, 0.15) is 0 Å². The average Bonchev–Trinajstić information content (AvgIpc) is 2.67. The largest absolute Gasteiger partial charge is 0.362 e. The summed E-state index contributed by atoms with van der Waals surface area (Å²) in [4.78, 5) is 5.89. The fourth-order valence-electron chi connectivity index (χ4n) is 1.30. The van der Waals surface area contributed by atoms with Gasteiger partial charge in [0.25, 0.3) is 0 Å². The standard InChI is InChI=1S/C10H14N2S2/c1-8-4-6-14-10(12-8)11-7-9-3-2-5-13-9/h2-3,5,8H,4,6-7H2,1H3,(H,11,12). The van der Waals surface area contributed by atoms with Crippen molar-refractivity contribution in [2.45, 2.75) is 25.9 Å². The van der Waals surface area contributed by atoms with E-state index >= 15 is 0 Å². The highest BCUT2D eigenvalue weighted by molar-refractivity contribution is 8.13. The van der Waals surface area contributed by atoms with Gasteiger partial charge in [-0.2, -0.15) is 0 Å². The van der Waals surface area contributed by atoms with Crippen LogP contribution in [0.25, 0.3) is 0 Å². The molecule has 0 aliphatic carbocycles. The molecule has 1 aliphatic rings. The predicted molar refractivity (Wildman–Crippen MR) is 65.1 cm³/mol. The lowest BCUT2D eigenvalue weighted by Crippen LogP contribution is -2.35. The number of aliphatic imine (C=N–C) groups is 1. The maximum Gasteiger partial charge on any atom is 0.157 e. The summed E-state index contributed by atoms with van der Waals surface area (Å²) in [6, 6.07) is 4.79. The fourth-order valence-corrected chi connectivity index (χ4v) is 3.03. The number of rotatable bonds is 2. The van der Waals surface area contributed by atoms with Gasteiger partial charge in [0.2, 0.25) is 0 Å². The molecule has 1 saturated heterocycles. The first-order chi connectivity index (χ1) is 6.84. The van der Waals surface area contributed by atoms with E-state index in [-0.39, 0.29) is 0 Å². The second-order valence-electron chi connectivity index (χ2n) is 3.38. The van der Waals surface area contributed by atoms with E-state index in [0.29, 0.717) is 6.04 Å². The van der Waals surface area contributed by atoms with Crippen LogP contribution in [0.15, 0.2) is 22.5 Å². The zero-order valence-corrected chi connectivity index (χ0v) is 9.83. The Morgan fingerprint density at radius 2 is 2.57 bits per heavy atom. The molecule has 0 bridgehead atoms. The highest BCUT2D eigenvalue weighted by Gasteiger charge is 2.12. The Hall–Kier alpha value is -0.480. The molecular formula is C10H14N2S2. The SMILES string of the molecule is CC1CCSC(=NCc2cccs2)N1. The summed E-state index contributed by atoms with van der Waals surface area (Å²) in [6.45, 7) is 3.03. The van der Waals surface area contributed by atoms with Gasteiger partial charge in [0.05, 0.1) is 6.54 Å². The fraction of sp³-hybridized carbons (Fsp3) is 0.500. The molecule has 1 atom stereocenters. The third-order valence-electron chi connectivity index (χ3n) is 2.12. The molecule has 2 rings (SSSR count). The molecule has 76 valence electrons. The molecule has 2 heterocycles.